The topological polar surface area (TPSA) is 78.8 Å². The average Bonchev–Trinajstić information content (AvgIpc) is 2.26. The molecule has 0 saturated carbocycles. The van der Waals surface area contributed by atoms with E-state index in [9.17, 15) is 4.79 Å². The summed E-state index contributed by atoms with van der Waals surface area (Å²) in [6.45, 7) is 7.23. The van der Waals surface area contributed by atoms with Crippen molar-refractivity contribution in [3.63, 3.8) is 0 Å². The second-order valence-electron chi connectivity index (χ2n) is 5.41. The predicted molar refractivity (Wildman–Crippen MR) is 74.1 cm³/mol. The van der Waals surface area contributed by atoms with Crippen LogP contribution in [0.1, 0.15) is 39.3 Å². The third-order valence-electron chi connectivity index (χ3n) is 2.47. The Kier molecular flexibility index (Phi) is 4.97. The normalized spacial score (nSPS) is 12.7. The van der Waals surface area contributed by atoms with E-state index in [1.165, 1.54) is 0 Å². The molecule has 0 saturated heterocycles. The van der Waals surface area contributed by atoms with Crippen LogP contribution in [0.3, 0.4) is 0 Å². The molecule has 1 rings (SSSR count). The van der Waals surface area contributed by atoms with Gasteiger partial charge in [-0.15, -0.1) is 0 Å². The zero-order valence-corrected chi connectivity index (χ0v) is 11.7. The molecule has 5 nitrogen and oxygen atoms in total. The number of alkyl carbamates (subject to hydrolysis) is 1. The molecule has 1 atom stereocenters. The first-order valence-electron chi connectivity index (χ1n) is 6.14. The molecular weight excluding hydrogens is 245 g/mol. The van der Waals surface area contributed by atoms with Crippen LogP contribution in [0.25, 0.3) is 0 Å². The van der Waals surface area contributed by atoms with Gasteiger partial charge in [-0.2, -0.15) is 0 Å². The highest BCUT2D eigenvalue weighted by atomic mass is 16.6. The molecule has 0 unspecified atom stereocenters. The summed E-state index contributed by atoms with van der Waals surface area (Å²) in [5.41, 5.74) is 0.734. The van der Waals surface area contributed by atoms with E-state index in [1.54, 1.807) is 45.0 Å². The minimum atomic E-state index is -1.48. The molecule has 0 heterocycles. The van der Waals surface area contributed by atoms with Crippen molar-refractivity contribution in [1.82, 2.24) is 5.32 Å². The number of ether oxygens (including phenoxy) is 1. The van der Waals surface area contributed by atoms with Gasteiger partial charge in [0, 0.05) is 0 Å². The number of carbonyl (C=O) groups is 1. The molecule has 19 heavy (non-hydrogen) atoms. The van der Waals surface area contributed by atoms with E-state index < -0.39 is 18.8 Å². The van der Waals surface area contributed by atoms with Crippen LogP contribution in [0.4, 0.5) is 4.79 Å². The number of nitrogens with one attached hydrogen (secondary N) is 1. The quantitative estimate of drug-likeness (QED) is 0.711. The summed E-state index contributed by atoms with van der Waals surface area (Å²) in [5.74, 6) is 0. The summed E-state index contributed by atoms with van der Waals surface area (Å²) in [6, 6.07) is 6.45. The Morgan fingerprint density at radius 2 is 1.79 bits per heavy atom. The first kappa shape index (κ1) is 15.5. The van der Waals surface area contributed by atoms with Crippen LogP contribution >= 0.6 is 0 Å². The lowest BCUT2D eigenvalue weighted by Gasteiger charge is -2.22. The van der Waals surface area contributed by atoms with Crippen LogP contribution in [0, 0.1) is 0 Å². The van der Waals surface area contributed by atoms with Crippen LogP contribution in [0.15, 0.2) is 24.3 Å². The lowest BCUT2D eigenvalue weighted by Crippen LogP contribution is -2.34. The maximum atomic E-state index is 11.6. The van der Waals surface area contributed by atoms with E-state index in [4.69, 9.17) is 14.8 Å². The zero-order valence-electron chi connectivity index (χ0n) is 11.7. The van der Waals surface area contributed by atoms with E-state index in [-0.39, 0.29) is 6.04 Å². The molecule has 0 radical (unpaired) electrons. The second-order valence-corrected chi connectivity index (χ2v) is 5.41. The predicted octanol–water partition coefficient (Wildman–Crippen LogP) is 0.952. The highest BCUT2D eigenvalue weighted by Crippen LogP contribution is 2.13. The Morgan fingerprint density at radius 1 is 1.26 bits per heavy atom. The Morgan fingerprint density at radius 3 is 2.21 bits per heavy atom. The molecule has 1 aromatic rings. The van der Waals surface area contributed by atoms with Crippen molar-refractivity contribution in [2.24, 2.45) is 0 Å². The molecule has 1 amide bonds. The Bertz CT molecular complexity index is 425. The molecule has 0 aliphatic rings. The number of carbonyl (C=O) groups excluding carboxylic acids is 1. The largest absolute Gasteiger partial charge is 0.488 e. The van der Waals surface area contributed by atoms with Crippen LogP contribution in [0.5, 0.6) is 0 Å². The minimum Gasteiger partial charge on any atom is -0.444 e. The van der Waals surface area contributed by atoms with Crippen molar-refractivity contribution < 1.29 is 19.6 Å². The molecule has 0 aliphatic heterocycles. The van der Waals surface area contributed by atoms with Gasteiger partial charge >= 0.3 is 13.2 Å². The molecule has 0 bridgehead atoms. The first-order chi connectivity index (χ1) is 8.69. The van der Waals surface area contributed by atoms with Gasteiger partial charge in [0.05, 0.1) is 6.04 Å². The smallest absolute Gasteiger partial charge is 0.444 e. The van der Waals surface area contributed by atoms with Gasteiger partial charge in [0.25, 0.3) is 0 Å². The fourth-order valence-corrected chi connectivity index (χ4v) is 1.52. The first-order valence-corrected chi connectivity index (χ1v) is 6.14. The Hall–Kier alpha value is -1.53. The van der Waals surface area contributed by atoms with E-state index in [0.717, 1.165) is 5.56 Å². The van der Waals surface area contributed by atoms with Crippen LogP contribution in [-0.4, -0.2) is 28.9 Å². The molecule has 1 aromatic carbocycles. The highest BCUT2D eigenvalue weighted by molar-refractivity contribution is 6.58. The molecular formula is C13H20BNO4. The van der Waals surface area contributed by atoms with E-state index in [0.29, 0.717) is 5.46 Å². The summed E-state index contributed by atoms with van der Waals surface area (Å²) >= 11 is 0. The van der Waals surface area contributed by atoms with E-state index in [1.807, 2.05) is 6.92 Å². The van der Waals surface area contributed by atoms with E-state index >= 15 is 0 Å². The third-order valence-corrected chi connectivity index (χ3v) is 2.47. The third kappa shape index (κ3) is 5.32. The van der Waals surface area contributed by atoms with Crippen LogP contribution in [-0.2, 0) is 4.74 Å². The lowest BCUT2D eigenvalue weighted by molar-refractivity contribution is 0.0508. The van der Waals surface area contributed by atoms with Gasteiger partial charge in [0.1, 0.15) is 5.60 Å². The van der Waals surface area contributed by atoms with Crippen molar-refractivity contribution in [3.05, 3.63) is 29.8 Å². The molecule has 0 aliphatic carbocycles. The lowest BCUT2D eigenvalue weighted by atomic mass is 9.80. The monoisotopic (exact) mass is 265 g/mol. The number of amides is 1. The number of hydrogen-bond acceptors (Lipinski definition) is 4. The van der Waals surface area contributed by atoms with Crippen molar-refractivity contribution in [1.29, 1.82) is 0 Å². The fourth-order valence-electron chi connectivity index (χ4n) is 1.52. The average molecular weight is 265 g/mol. The minimum absolute atomic E-state index is 0.222. The van der Waals surface area contributed by atoms with Crippen molar-refractivity contribution in [3.8, 4) is 0 Å². The zero-order chi connectivity index (χ0) is 14.6. The SMILES string of the molecule is C[C@H](NC(=O)OC(C)(C)C)c1ccc(B(O)O)cc1. The molecule has 6 heteroatoms. The molecule has 3 N–H and O–H groups in total. The molecule has 0 spiro atoms. The van der Waals surface area contributed by atoms with Gasteiger partial charge < -0.3 is 20.1 Å². The maximum absolute atomic E-state index is 11.6. The molecule has 0 fully saturated rings. The second kappa shape index (κ2) is 6.08. The van der Waals surface area contributed by atoms with Gasteiger partial charge in [-0.3, -0.25) is 0 Å². The summed E-state index contributed by atoms with van der Waals surface area (Å²) in [6.07, 6.45) is -0.480. The summed E-state index contributed by atoms with van der Waals surface area (Å²) in [5, 5.41) is 20.7. The van der Waals surface area contributed by atoms with Crippen LogP contribution in [0.2, 0.25) is 0 Å². The van der Waals surface area contributed by atoms with Crippen LogP contribution < -0.4 is 10.8 Å². The summed E-state index contributed by atoms with van der Waals surface area (Å²) < 4.78 is 5.16. The maximum Gasteiger partial charge on any atom is 0.488 e. The Labute approximate surface area is 113 Å². The van der Waals surface area contributed by atoms with Gasteiger partial charge in [0.2, 0.25) is 0 Å². The Balaban J connectivity index is 2.63. The summed E-state index contributed by atoms with van der Waals surface area (Å²) in [4.78, 5) is 11.6. The van der Waals surface area contributed by atoms with Gasteiger partial charge in [-0.1, -0.05) is 24.3 Å². The van der Waals surface area contributed by atoms with Gasteiger partial charge in [-0.25, -0.2) is 4.79 Å². The number of benzene rings is 1. The van der Waals surface area contributed by atoms with Gasteiger partial charge in [-0.05, 0) is 38.7 Å². The fraction of sp³-hybridized carbons (Fsp3) is 0.462. The highest BCUT2D eigenvalue weighted by Gasteiger charge is 2.18. The summed E-state index contributed by atoms with van der Waals surface area (Å²) in [7, 11) is -1.48. The number of hydrogen-bond donors (Lipinski definition) is 3. The van der Waals surface area contributed by atoms with Crippen molar-refractivity contribution in [2.75, 3.05) is 0 Å². The van der Waals surface area contributed by atoms with E-state index in [2.05, 4.69) is 5.32 Å². The van der Waals surface area contributed by atoms with Crippen molar-refractivity contribution in [2.45, 2.75) is 39.3 Å². The standard InChI is InChI=1S/C13H20BNO4/c1-9(15-12(16)19-13(2,3)4)10-5-7-11(8-6-10)14(17)18/h5-9,17-18H,1-4H3,(H,15,16)/t9-/m0/s1. The van der Waals surface area contributed by atoms with Gasteiger partial charge in [0.15, 0.2) is 0 Å². The van der Waals surface area contributed by atoms with Crippen molar-refractivity contribution >= 4 is 18.7 Å². The number of rotatable bonds is 3. The molecule has 104 valence electrons. The molecule has 0 aromatic heterocycles.